The first-order chi connectivity index (χ1) is 12.4. The molecule has 1 N–H and O–H groups in total. The van der Waals surface area contributed by atoms with Crippen molar-refractivity contribution in [3.05, 3.63) is 41.2 Å². The van der Waals surface area contributed by atoms with Gasteiger partial charge in [0.15, 0.2) is 5.16 Å². The highest BCUT2D eigenvalue weighted by atomic mass is 32.2. The lowest BCUT2D eigenvalue weighted by atomic mass is 10.1. The summed E-state index contributed by atoms with van der Waals surface area (Å²) in [7, 11) is 0. The highest BCUT2D eigenvalue weighted by molar-refractivity contribution is 7.98. The molecule has 1 heterocycles. The summed E-state index contributed by atoms with van der Waals surface area (Å²) >= 11 is 1.58. The maximum atomic E-state index is 12.1. The molecule has 0 unspecified atom stereocenters. The number of benzene rings is 1. The zero-order valence-corrected chi connectivity index (χ0v) is 16.6. The first-order valence-corrected chi connectivity index (χ1v) is 10.00. The van der Waals surface area contributed by atoms with Gasteiger partial charge in [-0.25, -0.2) is 0 Å². The summed E-state index contributed by atoms with van der Waals surface area (Å²) in [6.45, 7) is 7.56. The van der Waals surface area contributed by atoms with Crippen LogP contribution in [-0.4, -0.2) is 39.3 Å². The molecule has 1 aromatic carbocycles. The Labute approximate surface area is 158 Å². The fraction of sp³-hybridized carbons (Fsp3) is 0.474. The van der Waals surface area contributed by atoms with Crippen LogP contribution in [0.2, 0.25) is 0 Å². The lowest BCUT2D eigenvalue weighted by Gasteiger charge is -2.11. The Balaban J connectivity index is 1.85. The van der Waals surface area contributed by atoms with E-state index in [0.29, 0.717) is 30.9 Å². The third-order valence-electron chi connectivity index (χ3n) is 3.91. The number of amides is 1. The van der Waals surface area contributed by atoms with Crippen molar-refractivity contribution in [3.63, 3.8) is 0 Å². The van der Waals surface area contributed by atoms with E-state index in [2.05, 4.69) is 33.9 Å². The van der Waals surface area contributed by atoms with Crippen LogP contribution in [0.5, 0.6) is 0 Å². The van der Waals surface area contributed by atoms with Gasteiger partial charge in [-0.05, 0) is 25.5 Å². The van der Waals surface area contributed by atoms with Gasteiger partial charge in [-0.15, -0.1) is 10.2 Å². The summed E-state index contributed by atoms with van der Waals surface area (Å²) in [4.78, 5) is 24.1. The van der Waals surface area contributed by atoms with Crippen molar-refractivity contribution in [1.82, 2.24) is 20.1 Å². The van der Waals surface area contributed by atoms with Crippen LogP contribution in [0.25, 0.3) is 0 Å². The van der Waals surface area contributed by atoms with Gasteiger partial charge in [0.2, 0.25) is 5.78 Å². The predicted molar refractivity (Wildman–Crippen MR) is 103 cm³/mol. The van der Waals surface area contributed by atoms with Crippen LogP contribution < -0.4 is 5.32 Å². The molecule has 0 aliphatic heterocycles. The standard InChI is InChI=1S/C19H26N4O2S/c1-13(2)12-23-16(21-22-19(23)26-4)6-5-11-20-18(25)17(24)15-9-7-14(3)8-10-15/h7-10,13H,5-6,11-12H2,1-4H3,(H,20,25). The van der Waals surface area contributed by atoms with Gasteiger partial charge < -0.3 is 9.88 Å². The van der Waals surface area contributed by atoms with E-state index in [1.165, 1.54) is 0 Å². The Morgan fingerprint density at radius 3 is 2.50 bits per heavy atom. The monoisotopic (exact) mass is 374 g/mol. The molecule has 0 aliphatic carbocycles. The number of nitrogens with zero attached hydrogens (tertiary/aromatic N) is 3. The number of aryl methyl sites for hydroxylation is 2. The zero-order valence-electron chi connectivity index (χ0n) is 15.8. The van der Waals surface area contributed by atoms with Gasteiger partial charge in [0.25, 0.3) is 5.91 Å². The molecule has 7 heteroatoms. The number of nitrogens with one attached hydrogen (secondary N) is 1. The molecule has 0 radical (unpaired) electrons. The molecule has 1 aromatic heterocycles. The normalized spacial score (nSPS) is 11.0. The van der Waals surface area contributed by atoms with E-state index in [0.717, 1.165) is 23.1 Å². The lowest BCUT2D eigenvalue weighted by Crippen LogP contribution is -2.32. The summed E-state index contributed by atoms with van der Waals surface area (Å²) in [6.07, 6.45) is 3.40. The minimum atomic E-state index is -0.567. The summed E-state index contributed by atoms with van der Waals surface area (Å²) in [5.41, 5.74) is 1.46. The van der Waals surface area contributed by atoms with E-state index in [9.17, 15) is 9.59 Å². The molecule has 0 spiro atoms. The van der Waals surface area contributed by atoms with Crippen molar-refractivity contribution in [3.8, 4) is 0 Å². The number of carbonyl (C=O) groups is 2. The van der Waals surface area contributed by atoms with Gasteiger partial charge in [0.05, 0.1) is 0 Å². The molecule has 1 amide bonds. The van der Waals surface area contributed by atoms with E-state index >= 15 is 0 Å². The average molecular weight is 375 g/mol. The molecule has 2 aromatic rings. The van der Waals surface area contributed by atoms with E-state index in [-0.39, 0.29) is 0 Å². The number of thioether (sulfide) groups is 1. The van der Waals surface area contributed by atoms with Gasteiger partial charge in [-0.1, -0.05) is 55.4 Å². The number of rotatable bonds is 9. The molecule has 0 saturated carbocycles. The van der Waals surface area contributed by atoms with Crippen LogP contribution in [0.4, 0.5) is 0 Å². The quantitative estimate of drug-likeness (QED) is 0.316. The fourth-order valence-electron chi connectivity index (χ4n) is 2.57. The topological polar surface area (TPSA) is 76.9 Å². The molecule has 0 fully saturated rings. The van der Waals surface area contributed by atoms with Gasteiger partial charge in [-0.2, -0.15) is 0 Å². The lowest BCUT2D eigenvalue weighted by molar-refractivity contribution is -0.117. The van der Waals surface area contributed by atoms with Crippen molar-refractivity contribution in [2.75, 3.05) is 12.8 Å². The van der Waals surface area contributed by atoms with Gasteiger partial charge >= 0.3 is 0 Å². The van der Waals surface area contributed by atoms with Crippen LogP contribution >= 0.6 is 11.8 Å². The average Bonchev–Trinajstić information content (AvgIpc) is 2.99. The Kier molecular flexibility index (Phi) is 7.38. The summed E-state index contributed by atoms with van der Waals surface area (Å²) in [5, 5.41) is 12.1. The molecule has 0 bridgehead atoms. The third-order valence-corrected chi connectivity index (χ3v) is 4.57. The molecular weight excluding hydrogens is 348 g/mol. The van der Waals surface area contributed by atoms with Crippen LogP contribution in [0.15, 0.2) is 29.4 Å². The van der Waals surface area contributed by atoms with Crippen molar-refractivity contribution >= 4 is 23.5 Å². The number of aromatic nitrogens is 3. The second-order valence-electron chi connectivity index (χ2n) is 6.66. The van der Waals surface area contributed by atoms with Crippen LogP contribution in [0.3, 0.4) is 0 Å². The van der Waals surface area contributed by atoms with Crippen LogP contribution in [0.1, 0.15) is 42.0 Å². The largest absolute Gasteiger partial charge is 0.349 e. The zero-order chi connectivity index (χ0) is 19.1. The maximum Gasteiger partial charge on any atom is 0.292 e. The van der Waals surface area contributed by atoms with Crippen LogP contribution in [0, 0.1) is 12.8 Å². The second-order valence-corrected chi connectivity index (χ2v) is 7.44. The van der Waals surface area contributed by atoms with Crippen molar-refractivity contribution in [2.24, 2.45) is 5.92 Å². The first kappa shape index (κ1) is 20.2. The molecule has 6 nitrogen and oxygen atoms in total. The van der Waals surface area contributed by atoms with Gasteiger partial charge in [0, 0.05) is 25.1 Å². The van der Waals surface area contributed by atoms with E-state index in [4.69, 9.17) is 0 Å². The molecular formula is C19H26N4O2S. The molecule has 140 valence electrons. The Morgan fingerprint density at radius 2 is 1.88 bits per heavy atom. The molecule has 0 atom stereocenters. The van der Waals surface area contributed by atoms with Crippen molar-refractivity contribution in [1.29, 1.82) is 0 Å². The molecule has 0 saturated heterocycles. The Bertz CT molecular complexity index is 753. The summed E-state index contributed by atoms with van der Waals surface area (Å²) in [6, 6.07) is 7.00. The number of ketones is 1. The number of hydrogen-bond acceptors (Lipinski definition) is 5. The predicted octanol–water partition coefficient (Wildman–Crippen LogP) is 2.90. The second kappa shape index (κ2) is 9.52. The maximum absolute atomic E-state index is 12.1. The Hall–Kier alpha value is -2.15. The smallest absolute Gasteiger partial charge is 0.292 e. The summed E-state index contributed by atoms with van der Waals surface area (Å²) < 4.78 is 2.13. The van der Waals surface area contributed by atoms with Crippen molar-refractivity contribution in [2.45, 2.75) is 45.3 Å². The number of Topliss-reactive ketones (excluding diaryl/α,β-unsaturated/α-hetero) is 1. The third kappa shape index (κ3) is 5.42. The van der Waals surface area contributed by atoms with Crippen LogP contribution in [-0.2, 0) is 17.8 Å². The fourth-order valence-corrected chi connectivity index (χ4v) is 3.09. The van der Waals surface area contributed by atoms with E-state index < -0.39 is 11.7 Å². The van der Waals surface area contributed by atoms with Gasteiger partial charge in [-0.3, -0.25) is 9.59 Å². The Morgan fingerprint density at radius 1 is 1.19 bits per heavy atom. The minimum Gasteiger partial charge on any atom is -0.349 e. The number of carbonyl (C=O) groups excluding carboxylic acids is 2. The van der Waals surface area contributed by atoms with E-state index in [1.807, 2.05) is 25.3 Å². The molecule has 2 rings (SSSR count). The SMILES string of the molecule is CSc1nnc(CCCNC(=O)C(=O)c2ccc(C)cc2)n1CC(C)C. The highest BCUT2D eigenvalue weighted by Crippen LogP contribution is 2.16. The van der Waals surface area contributed by atoms with Gasteiger partial charge in [0.1, 0.15) is 5.82 Å². The highest BCUT2D eigenvalue weighted by Gasteiger charge is 2.16. The van der Waals surface area contributed by atoms with E-state index in [1.54, 1.807) is 23.9 Å². The summed E-state index contributed by atoms with van der Waals surface area (Å²) in [5.74, 6) is 0.351. The molecule has 0 aliphatic rings. The minimum absolute atomic E-state index is 0.411. The van der Waals surface area contributed by atoms with Crippen molar-refractivity contribution < 1.29 is 9.59 Å². The number of hydrogen-bond donors (Lipinski definition) is 1. The first-order valence-electron chi connectivity index (χ1n) is 8.77. The molecule has 26 heavy (non-hydrogen) atoms.